The van der Waals surface area contributed by atoms with Crippen molar-refractivity contribution in [3.05, 3.63) is 52.9 Å². The summed E-state index contributed by atoms with van der Waals surface area (Å²) in [5.41, 5.74) is 0.528. The molecule has 0 aromatic carbocycles. The van der Waals surface area contributed by atoms with Crippen LogP contribution in [0.2, 0.25) is 0 Å². The summed E-state index contributed by atoms with van der Waals surface area (Å²) in [6.07, 6.45) is 12.5. The van der Waals surface area contributed by atoms with Crippen molar-refractivity contribution in [1.82, 2.24) is 25.0 Å². The molecule has 3 aromatic rings. The maximum Gasteiger partial charge on any atom is 0.307 e. The van der Waals surface area contributed by atoms with Crippen LogP contribution in [-0.4, -0.2) is 29.9 Å². The van der Waals surface area contributed by atoms with Gasteiger partial charge in [-0.1, -0.05) is 0 Å². The van der Waals surface area contributed by atoms with Gasteiger partial charge in [0.1, 0.15) is 12.4 Å². The van der Waals surface area contributed by atoms with Crippen LogP contribution in [0.5, 0.6) is 0 Å². The summed E-state index contributed by atoms with van der Waals surface area (Å²) in [5, 5.41) is 24.4. The Labute approximate surface area is 166 Å². The van der Waals surface area contributed by atoms with Crippen LogP contribution in [0.25, 0.3) is 11.5 Å². The largest absolute Gasteiger partial charge is 0.420 e. The van der Waals surface area contributed by atoms with Crippen molar-refractivity contribution in [2.75, 3.05) is 0 Å². The lowest BCUT2D eigenvalue weighted by Gasteiger charge is -2.60. The molecule has 0 radical (unpaired) electrons. The van der Waals surface area contributed by atoms with Crippen LogP contribution >= 0.6 is 0 Å². The molecular weight excluding hydrogens is 372 g/mol. The molecule has 2 atom stereocenters. The van der Waals surface area contributed by atoms with Crippen LogP contribution < -0.4 is 0 Å². The number of nitro groups is 1. The van der Waals surface area contributed by atoms with Crippen molar-refractivity contribution >= 4 is 5.69 Å². The van der Waals surface area contributed by atoms with Crippen LogP contribution in [0.3, 0.4) is 0 Å². The third kappa shape index (κ3) is 2.46. The summed E-state index contributed by atoms with van der Waals surface area (Å²) >= 11 is 0. The molecule has 4 aliphatic carbocycles. The van der Waals surface area contributed by atoms with Crippen LogP contribution in [0.15, 0.2) is 41.3 Å². The summed E-state index contributed by atoms with van der Waals surface area (Å²) < 4.78 is 8.05. The van der Waals surface area contributed by atoms with Gasteiger partial charge in [-0.15, -0.1) is 10.2 Å². The molecule has 9 heteroatoms. The van der Waals surface area contributed by atoms with Crippen molar-refractivity contribution in [3.63, 3.8) is 0 Å². The quantitative estimate of drug-likeness (QED) is 0.493. The Morgan fingerprint density at radius 1 is 1.14 bits per heavy atom. The molecule has 2 unspecified atom stereocenters. The minimum atomic E-state index is -0.376. The molecule has 29 heavy (non-hydrogen) atoms. The highest BCUT2D eigenvalue weighted by atomic mass is 16.6. The number of nitrogens with zero attached hydrogens (tertiary/aromatic N) is 6. The third-order valence-electron chi connectivity index (χ3n) is 7.10. The molecule has 0 saturated heterocycles. The summed E-state index contributed by atoms with van der Waals surface area (Å²) in [5.74, 6) is 2.32. The van der Waals surface area contributed by atoms with E-state index in [-0.39, 0.29) is 21.6 Å². The summed E-state index contributed by atoms with van der Waals surface area (Å²) in [6, 6.07) is 3.72. The molecule has 4 fully saturated rings. The fourth-order valence-electron chi connectivity index (χ4n) is 6.45. The van der Waals surface area contributed by atoms with Crippen LogP contribution in [0.4, 0.5) is 5.69 Å². The zero-order valence-electron chi connectivity index (χ0n) is 15.8. The molecular formula is C20H20N6O3. The van der Waals surface area contributed by atoms with Gasteiger partial charge in [0.2, 0.25) is 11.8 Å². The zero-order chi connectivity index (χ0) is 19.6. The summed E-state index contributed by atoms with van der Waals surface area (Å²) in [6.45, 7) is 0. The van der Waals surface area contributed by atoms with Crippen molar-refractivity contribution in [2.45, 2.75) is 49.5 Å². The first kappa shape index (κ1) is 16.8. The highest BCUT2D eigenvalue weighted by molar-refractivity contribution is 5.51. The van der Waals surface area contributed by atoms with Crippen molar-refractivity contribution in [2.24, 2.45) is 11.8 Å². The van der Waals surface area contributed by atoms with Crippen LogP contribution in [-0.2, 0) is 11.0 Å². The van der Waals surface area contributed by atoms with Gasteiger partial charge in [-0.3, -0.25) is 19.8 Å². The Balaban J connectivity index is 1.40. The second-order valence-corrected chi connectivity index (χ2v) is 9.01. The minimum Gasteiger partial charge on any atom is -0.420 e. The van der Waals surface area contributed by atoms with Gasteiger partial charge in [-0.05, 0) is 62.5 Å². The Morgan fingerprint density at radius 3 is 2.59 bits per heavy atom. The van der Waals surface area contributed by atoms with Gasteiger partial charge in [-0.2, -0.15) is 5.10 Å². The molecule has 0 N–H and O–H groups in total. The van der Waals surface area contributed by atoms with Gasteiger partial charge in [0.15, 0.2) is 0 Å². The van der Waals surface area contributed by atoms with E-state index in [4.69, 9.17) is 4.42 Å². The fourth-order valence-corrected chi connectivity index (χ4v) is 6.45. The Hall–Kier alpha value is -3.10. The fraction of sp³-hybridized carbons (Fsp3) is 0.500. The molecule has 0 aliphatic heterocycles. The normalized spacial score (nSPS) is 32.6. The van der Waals surface area contributed by atoms with Gasteiger partial charge in [0.05, 0.1) is 15.9 Å². The third-order valence-corrected chi connectivity index (χ3v) is 7.10. The molecule has 0 spiro atoms. The lowest BCUT2D eigenvalue weighted by Crippen LogP contribution is -2.58. The SMILES string of the molecule is O=[N+]([O-])c1cnn(C23CC4CC(CC(c5nnc(-c6ccncc6)o5)(C4)C2)C3)c1. The van der Waals surface area contributed by atoms with Crippen LogP contribution in [0.1, 0.15) is 44.4 Å². The van der Waals surface area contributed by atoms with E-state index in [1.54, 1.807) is 18.6 Å². The first-order chi connectivity index (χ1) is 14.1. The second kappa shape index (κ2) is 5.71. The number of aromatic nitrogens is 5. The highest BCUT2D eigenvalue weighted by Gasteiger charge is 2.61. The topological polar surface area (TPSA) is 113 Å². The van der Waals surface area contributed by atoms with Gasteiger partial charge in [-0.25, -0.2) is 0 Å². The van der Waals surface area contributed by atoms with Gasteiger partial charge in [0, 0.05) is 18.0 Å². The van der Waals surface area contributed by atoms with E-state index in [0.717, 1.165) is 37.7 Å². The van der Waals surface area contributed by atoms with E-state index in [2.05, 4.69) is 20.3 Å². The minimum absolute atomic E-state index is 0.0487. The predicted molar refractivity (Wildman–Crippen MR) is 101 cm³/mol. The summed E-state index contributed by atoms with van der Waals surface area (Å²) in [4.78, 5) is 14.8. The standard InChI is InChI=1S/C20H20N6O3/c27-26(28)16-10-22-25(11-16)20-8-13-5-14(9-20)7-19(6-13,12-20)18-24-23-17(29-18)15-1-3-21-4-2-15/h1-4,10-11,13-14H,5-9,12H2. The molecule has 3 heterocycles. The van der Waals surface area contributed by atoms with Crippen LogP contribution in [0, 0.1) is 22.0 Å². The summed E-state index contributed by atoms with van der Waals surface area (Å²) in [7, 11) is 0. The van der Waals surface area contributed by atoms with E-state index in [1.807, 2.05) is 16.8 Å². The molecule has 4 aliphatic rings. The maximum absolute atomic E-state index is 11.2. The highest BCUT2D eigenvalue weighted by Crippen LogP contribution is 2.64. The molecule has 3 aromatic heterocycles. The maximum atomic E-state index is 11.2. The van der Waals surface area contributed by atoms with Crippen molar-refractivity contribution in [3.8, 4) is 11.5 Å². The molecule has 0 amide bonds. The molecule has 148 valence electrons. The lowest BCUT2D eigenvalue weighted by atomic mass is 9.47. The number of pyridine rings is 1. The molecule has 4 bridgehead atoms. The van der Waals surface area contributed by atoms with Crippen molar-refractivity contribution in [1.29, 1.82) is 0 Å². The predicted octanol–water partition coefficient (Wildman–Crippen LogP) is 3.48. The number of hydrogen-bond donors (Lipinski definition) is 0. The average molecular weight is 392 g/mol. The van der Waals surface area contributed by atoms with Crippen molar-refractivity contribution < 1.29 is 9.34 Å². The van der Waals surface area contributed by atoms with E-state index < -0.39 is 0 Å². The Bertz CT molecular complexity index is 1080. The average Bonchev–Trinajstić information content (AvgIpc) is 3.39. The number of rotatable bonds is 4. The zero-order valence-corrected chi connectivity index (χ0v) is 15.8. The second-order valence-electron chi connectivity index (χ2n) is 9.01. The molecule has 4 saturated carbocycles. The van der Waals surface area contributed by atoms with Gasteiger partial charge < -0.3 is 4.42 Å². The molecule has 7 rings (SSSR count). The lowest BCUT2D eigenvalue weighted by molar-refractivity contribution is -0.385. The Kier molecular flexibility index (Phi) is 3.31. The van der Waals surface area contributed by atoms with E-state index >= 15 is 0 Å². The Morgan fingerprint density at radius 2 is 1.90 bits per heavy atom. The van der Waals surface area contributed by atoms with Gasteiger partial charge in [0.25, 0.3) is 0 Å². The monoisotopic (exact) mass is 392 g/mol. The van der Waals surface area contributed by atoms with Gasteiger partial charge >= 0.3 is 5.69 Å². The smallest absolute Gasteiger partial charge is 0.307 e. The molecule has 9 nitrogen and oxygen atoms in total. The first-order valence-electron chi connectivity index (χ1n) is 9.99. The number of hydrogen-bond acceptors (Lipinski definition) is 7. The van der Waals surface area contributed by atoms with E-state index in [9.17, 15) is 10.1 Å². The van der Waals surface area contributed by atoms with E-state index in [0.29, 0.717) is 23.6 Å². The first-order valence-corrected chi connectivity index (χ1v) is 9.99. The van der Waals surface area contributed by atoms with E-state index in [1.165, 1.54) is 12.6 Å².